The first-order valence-electron chi connectivity index (χ1n) is 7.21. The molecule has 2 aromatic carbocycles. The molecule has 0 saturated carbocycles. The van der Waals surface area contributed by atoms with Gasteiger partial charge in [0.15, 0.2) is 0 Å². The Kier molecular flexibility index (Phi) is 5.50. The average Bonchev–Trinajstić information content (AvgIpc) is 2.48. The standard InChI is InChI=1S/C18H20FNO/c1-14(16-7-3-2-4-8-16)12-18(21)20-11-10-15-6-5-9-17(19)13-15/h2-9,13-14H,10-12H2,1H3,(H,20,21)/t14-/m0/s1. The summed E-state index contributed by atoms with van der Waals surface area (Å²) in [5.74, 6) is -0.0142. The lowest BCUT2D eigenvalue weighted by Gasteiger charge is -2.12. The quantitative estimate of drug-likeness (QED) is 0.862. The summed E-state index contributed by atoms with van der Waals surface area (Å²) in [6.45, 7) is 2.57. The Labute approximate surface area is 125 Å². The molecule has 0 aliphatic carbocycles. The molecule has 2 rings (SSSR count). The summed E-state index contributed by atoms with van der Waals surface area (Å²) in [6, 6.07) is 16.5. The minimum Gasteiger partial charge on any atom is -0.356 e. The molecule has 2 nitrogen and oxygen atoms in total. The number of amides is 1. The molecule has 3 heteroatoms. The van der Waals surface area contributed by atoms with Crippen LogP contribution in [-0.4, -0.2) is 12.5 Å². The number of hydrogen-bond donors (Lipinski definition) is 1. The van der Waals surface area contributed by atoms with Crippen molar-refractivity contribution in [2.75, 3.05) is 6.54 Å². The minimum absolute atomic E-state index is 0.0303. The van der Waals surface area contributed by atoms with Gasteiger partial charge in [-0.15, -0.1) is 0 Å². The van der Waals surface area contributed by atoms with E-state index in [1.807, 2.05) is 43.3 Å². The molecule has 0 radical (unpaired) electrons. The van der Waals surface area contributed by atoms with E-state index in [9.17, 15) is 9.18 Å². The lowest BCUT2D eigenvalue weighted by molar-refractivity contribution is -0.121. The van der Waals surface area contributed by atoms with Crippen molar-refractivity contribution >= 4 is 5.91 Å². The van der Waals surface area contributed by atoms with Gasteiger partial charge in [0, 0.05) is 13.0 Å². The zero-order valence-electron chi connectivity index (χ0n) is 12.2. The predicted octanol–water partition coefficient (Wildman–Crippen LogP) is 3.68. The van der Waals surface area contributed by atoms with Gasteiger partial charge in [-0.3, -0.25) is 4.79 Å². The number of hydrogen-bond acceptors (Lipinski definition) is 1. The van der Waals surface area contributed by atoms with E-state index in [2.05, 4.69) is 5.32 Å². The van der Waals surface area contributed by atoms with E-state index < -0.39 is 0 Å². The van der Waals surface area contributed by atoms with Gasteiger partial charge in [-0.05, 0) is 35.6 Å². The topological polar surface area (TPSA) is 29.1 Å². The number of rotatable bonds is 6. The van der Waals surface area contributed by atoms with Gasteiger partial charge in [0.25, 0.3) is 0 Å². The molecule has 0 unspecified atom stereocenters. The van der Waals surface area contributed by atoms with Gasteiger partial charge >= 0.3 is 0 Å². The molecule has 0 bridgehead atoms. The molecule has 0 aliphatic heterocycles. The van der Waals surface area contributed by atoms with Crippen molar-refractivity contribution < 1.29 is 9.18 Å². The van der Waals surface area contributed by atoms with Crippen molar-refractivity contribution in [2.45, 2.75) is 25.7 Å². The van der Waals surface area contributed by atoms with Gasteiger partial charge in [-0.1, -0.05) is 49.4 Å². The number of carbonyl (C=O) groups is 1. The van der Waals surface area contributed by atoms with Crippen molar-refractivity contribution in [3.05, 3.63) is 71.5 Å². The maximum Gasteiger partial charge on any atom is 0.220 e. The third kappa shape index (κ3) is 5.03. The number of benzene rings is 2. The Morgan fingerprint density at radius 1 is 1.14 bits per heavy atom. The molecular weight excluding hydrogens is 265 g/mol. The highest BCUT2D eigenvalue weighted by Crippen LogP contribution is 2.17. The molecule has 0 aliphatic rings. The smallest absolute Gasteiger partial charge is 0.220 e. The van der Waals surface area contributed by atoms with Crippen LogP contribution in [0.15, 0.2) is 54.6 Å². The molecule has 1 atom stereocenters. The second kappa shape index (κ2) is 7.58. The first-order valence-corrected chi connectivity index (χ1v) is 7.21. The Hall–Kier alpha value is -2.16. The lowest BCUT2D eigenvalue weighted by Crippen LogP contribution is -2.26. The van der Waals surface area contributed by atoms with Crippen LogP contribution in [-0.2, 0) is 11.2 Å². The highest BCUT2D eigenvalue weighted by Gasteiger charge is 2.10. The zero-order chi connectivity index (χ0) is 15.1. The Balaban J connectivity index is 1.75. The van der Waals surface area contributed by atoms with Gasteiger partial charge in [-0.25, -0.2) is 4.39 Å². The van der Waals surface area contributed by atoms with Crippen LogP contribution in [0.5, 0.6) is 0 Å². The second-order valence-corrected chi connectivity index (χ2v) is 5.25. The van der Waals surface area contributed by atoms with E-state index in [1.165, 1.54) is 12.1 Å². The molecular formula is C18H20FNO. The number of halogens is 1. The fourth-order valence-electron chi connectivity index (χ4n) is 2.29. The molecule has 0 saturated heterocycles. The molecule has 110 valence electrons. The van der Waals surface area contributed by atoms with Gasteiger partial charge in [0.2, 0.25) is 5.91 Å². The van der Waals surface area contributed by atoms with Crippen molar-refractivity contribution in [3.8, 4) is 0 Å². The highest BCUT2D eigenvalue weighted by molar-refractivity contribution is 5.76. The third-order valence-corrected chi connectivity index (χ3v) is 3.49. The third-order valence-electron chi connectivity index (χ3n) is 3.49. The van der Waals surface area contributed by atoms with Crippen LogP contribution in [0.4, 0.5) is 4.39 Å². The summed E-state index contributed by atoms with van der Waals surface area (Å²) in [7, 11) is 0. The minimum atomic E-state index is -0.239. The van der Waals surface area contributed by atoms with Crippen LogP contribution in [0.25, 0.3) is 0 Å². The van der Waals surface area contributed by atoms with Crippen molar-refractivity contribution in [1.29, 1.82) is 0 Å². The summed E-state index contributed by atoms with van der Waals surface area (Å²) < 4.78 is 13.0. The van der Waals surface area contributed by atoms with E-state index in [0.717, 1.165) is 11.1 Å². The number of carbonyl (C=O) groups excluding carboxylic acids is 1. The Bertz CT molecular complexity index is 583. The average molecular weight is 285 g/mol. The molecule has 1 N–H and O–H groups in total. The van der Waals surface area contributed by atoms with E-state index in [4.69, 9.17) is 0 Å². The van der Waals surface area contributed by atoms with Gasteiger partial charge in [0.1, 0.15) is 5.82 Å². The van der Waals surface area contributed by atoms with E-state index in [0.29, 0.717) is 19.4 Å². The summed E-state index contributed by atoms with van der Waals surface area (Å²) in [5, 5.41) is 2.89. The molecule has 0 fully saturated rings. The molecule has 0 aromatic heterocycles. The van der Waals surface area contributed by atoms with Crippen LogP contribution in [0.2, 0.25) is 0 Å². The maximum absolute atomic E-state index is 13.0. The van der Waals surface area contributed by atoms with Crippen LogP contribution in [0.1, 0.15) is 30.4 Å². The van der Waals surface area contributed by atoms with E-state index in [1.54, 1.807) is 6.07 Å². The Morgan fingerprint density at radius 3 is 2.62 bits per heavy atom. The molecule has 2 aromatic rings. The highest BCUT2D eigenvalue weighted by atomic mass is 19.1. The zero-order valence-corrected chi connectivity index (χ0v) is 12.2. The van der Waals surface area contributed by atoms with E-state index >= 15 is 0 Å². The summed E-state index contributed by atoms with van der Waals surface area (Å²) >= 11 is 0. The predicted molar refractivity (Wildman–Crippen MR) is 82.6 cm³/mol. The van der Waals surface area contributed by atoms with Crippen molar-refractivity contribution in [3.63, 3.8) is 0 Å². The summed E-state index contributed by atoms with van der Waals surface area (Å²) in [5.41, 5.74) is 2.06. The van der Waals surface area contributed by atoms with Crippen molar-refractivity contribution in [1.82, 2.24) is 5.32 Å². The normalized spacial score (nSPS) is 11.9. The van der Waals surface area contributed by atoms with Gasteiger partial charge in [-0.2, -0.15) is 0 Å². The fraction of sp³-hybridized carbons (Fsp3) is 0.278. The van der Waals surface area contributed by atoms with Crippen LogP contribution < -0.4 is 5.32 Å². The Morgan fingerprint density at radius 2 is 1.90 bits per heavy atom. The molecule has 0 spiro atoms. The van der Waals surface area contributed by atoms with E-state index in [-0.39, 0.29) is 17.6 Å². The lowest BCUT2D eigenvalue weighted by atomic mass is 9.97. The van der Waals surface area contributed by atoms with Gasteiger partial charge < -0.3 is 5.32 Å². The summed E-state index contributed by atoms with van der Waals surface area (Å²) in [6.07, 6.45) is 1.11. The molecule has 1 amide bonds. The van der Waals surface area contributed by atoms with Gasteiger partial charge in [0.05, 0.1) is 0 Å². The maximum atomic E-state index is 13.0. The largest absolute Gasteiger partial charge is 0.356 e. The first kappa shape index (κ1) is 15.2. The van der Waals surface area contributed by atoms with Crippen LogP contribution in [0, 0.1) is 5.82 Å². The monoisotopic (exact) mass is 285 g/mol. The fourth-order valence-corrected chi connectivity index (χ4v) is 2.29. The van der Waals surface area contributed by atoms with Crippen LogP contribution in [0.3, 0.4) is 0 Å². The first-order chi connectivity index (χ1) is 10.1. The SMILES string of the molecule is C[C@@H](CC(=O)NCCc1cccc(F)c1)c1ccccc1. The molecule has 21 heavy (non-hydrogen) atoms. The second-order valence-electron chi connectivity index (χ2n) is 5.25. The number of nitrogens with one attached hydrogen (secondary N) is 1. The van der Waals surface area contributed by atoms with Crippen molar-refractivity contribution in [2.24, 2.45) is 0 Å². The molecule has 0 heterocycles. The summed E-state index contributed by atoms with van der Waals surface area (Å²) in [4.78, 5) is 11.9. The van der Waals surface area contributed by atoms with Crippen LogP contribution >= 0.6 is 0 Å².